The predicted molar refractivity (Wildman–Crippen MR) is 69.2 cm³/mol. The molecule has 1 N–H and O–H groups in total. The van der Waals surface area contributed by atoms with Crippen LogP contribution in [0.25, 0.3) is 10.8 Å². The van der Waals surface area contributed by atoms with Gasteiger partial charge in [0.2, 0.25) is 5.89 Å². The first-order valence-corrected chi connectivity index (χ1v) is 6.89. The molecule has 3 rings (SSSR count). The number of thiophene rings is 1. The van der Waals surface area contributed by atoms with Crippen LogP contribution in [0, 0.1) is 0 Å². The SMILES string of the molecule is CNCc1coc(-c2cc3c(s2)CCCC3)n1. The zero-order valence-electron chi connectivity index (χ0n) is 9.95. The van der Waals surface area contributed by atoms with E-state index in [4.69, 9.17) is 4.42 Å². The first kappa shape index (κ1) is 11.0. The number of fused-ring (bicyclic) bond motifs is 1. The third-order valence-corrected chi connectivity index (χ3v) is 4.34. The summed E-state index contributed by atoms with van der Waals surface area (Å²) in [5, 5.41) is 3.08. The molecule has 0 saturated carbocycles. The number of aromatic nitrogens is 1. The quantitative estimate of drug-likeness (QED) is 0.907. The maximum absolute atomic E-state index is 5.54. The fraction of sp³-hybridized carbons (Fsp3) is 0.462. The monoisotopic (exact) mass is 248 g/mol. The van der Waals surface area contributed by atoms with E-state index in [1.54, 1.807) is 6.26 Å². The molecule has 0 fully saturated rings. The zero-order valence-corrected chi connectivity index (χ0v) is 10.8. The second kappa shape index (κ2) is 4.63. The predicted octanol–water partition coefficient (Wildman–Crippen LogP) is 3.00. The first-order chi connectivity index (χ1) is 8.36. The van der Waals surface area contributed by atoms with Gasteiger partial charge in [-0.2, -0.15) is 0 Å². The fourth-order valence-electron chi connectivity index (χ4n) is 2.28. The molecule has 90 valence electrons. The molecule has 0 unspecified atom stereocenters. The van der Waals surface area contributed by atoms with Gasteiger partial charge in [0.05, 0.1) is 10.6 Å². The number of hydrogen-bond acceptors (Lipinski definition) is 4. The minimum Gasteiger partial charge on any atom is -0.444 e. The Bertz CT molecular complexity index is 492. The van der Waals surface area contributed by atoms with Crippen LogP contribution in [0.3, 0.4) is 0 Å². The lowest BCUT2D eigenvalue weighted by atomic mass is 9.99. The van der Waals surface area contributed by atoms with Gasteiger partial charge in [0.1, 0.15) is 6.26 Å². The third-order valence-electron chi connectivity index (χ3n) is 3.12. The van der Waals surface area contributed by atoms with Gasteiger partial charge in [0.25, 0.3) is 0 Å². The van der Waals surface area contributed by atoms with E-state index in [0.29, 0.717) is 0 Å². The van der Waals surface area contributed by atoms with Crippen molar-refractivity contribution >= 4 is 11.3 Å². The summed E-state index contributed by atoms with van der Waals surface area (Å²) < 4.78 is 5.54. The number of nitrogens with zero attached hydrogens (tertiary/aromatic N) is 1. The molecule has 0 atom stereocenters. The van der Waals surface area contributed by atoms with Crippen LogP contribution in [-0.2, 0) is 19.4 Å². The fourth-order valence-corrected chi connectivity index (χ4v) is 3.46. The lowest BCUT2D eigenvalue weighted by Gasteiger charge is -2.08. The van der Waals surface area contributed by atoms with Crippen LogP contribution in [0.4, 0.5) is 0 Å². The number of nitrogens with one attached hydrogen (secondary N) is 1. The summed E-state index contributed by atoms with van der Waals surface area (Å²) in [6, 6.07) is 2.26. The normalized spacial score (nSPS) is 14.9. The molecule has 0 amide bonds. The average molecular weight is 248 g/mol. The Morgan fingerprint density at radius 2 is 2.29 bits per heavy atom. The second-order valence-electron chi connectivity index (χ2n) is 4.44. The van der Waals surface area contributed by atoms with Gasteiger partial charge in [-0.15, -0.1) is 11.3 Å². The van der Waals surface area contributed by atoms with Gasteiger partial charge >= 0.3 is 0 Å². The molecule has 4 heteroatoms. The minimum atomic E-state index is 0.759. The van der Waals surface area contributed by atoms with Gasteiger partial charge < -0.3 is 9.73 Å². The van der Waals surface area contributed by atoms with E-state index in [1.165, 1.54) is 41.0 Å². The lowest BCUT2D eigenvalue weighted by molar-refractivity contribution is 0.573. The Kier molecular flexibility index (Phi) is 2.99. The molecule has 0 aromatic carbocycles. The highest BCUT2D eigenvalue weighted by Gasteiger charge is 2.16. The molecular formula is C13H16N2OS. The molecule has 17 heavy (non-hydrogen) atoms. The molecule has 2 heterocycles. The van der Waals surface area contributed by atoms with E-state index in [2.05, 4.69) is 16.4 Å². The van der Waals surface area contributed by atoms with Crippen LogP contribution in [-0.4, -0.2) is 12.0 Å². The van der Waals surface area contributed by atoms with Crippen LogP contribution in [0.5, 0.6) is 0 Å². The van der Waals surface area contributed by atoms with E-state index in [1.807, 2.05) is 18.4 Å². The van der Waals surface area contributed by atoms with Crippen LogP contribution < -0.4 is 5.32 Å². The maximum Gasteiger partial charge on any atom is 0.236 e. The van der Waals surface area contributed by atoms with Crippen LogP contribution in [0.15, 0.2) is 16.7 Å². The molecule has 2 aromatic rings. The maximum atomic E-state index is 5.54. The largest absolute Gasteiger partial charge is 0.444 e. The molecule has 3 nitrogen and oxygen atoms in total. The molecule has 0 radical (unpaired) electrons. The van der Waals surface area contributed by atoms with Crippen molar-refractivity contribution in [2.24, 2.45) is 0 Å². The highest BCUT2D eigenvalue weighted by Crippen LogP contribution is 2.35. The Hall–Kier alpha value is -1.13. The summed E-state index contributed by atoms with van der Waals surface area (Å²) in [4.78, 5) is 7.20. The van der Waals surface area contributed by atoms with Crippen molar-refractivity contribution < 1.29 is 4.42 Å². The van der Waals surface area contributed by atoms with Crippen molar-refractivity contribution in [1.29, 1.82) is 0 Å². The summed E-state index contributed by atoms with van der Waals surface area (Å²) in [7, 11) is 1.91. The van der Waals surface area contributed by atoms with Gasteiger partial charge in [0.15, 0.2) is 0 Å². The molecular weight excluding hydrogens is 232 g/mol. The van der Waals surface area contributed by atoms with Crippen molar-refractivity contribution in [1.82, 2.24) is 10.3 Å². The first-order valence-electron chi connectivity index (χ1n) is 6.08. The highest BCUT2D eigenvalue weighted by molar-refractivity contribution is 7.15. The lowest BCUT2D eigenvalue weighted by Crippen LogP contribution is -2.04. The van der Waals surface area contributed by atoms with E-state index in [9.17, 15) is 0 Å². The van der Waals surface area contributed by atoms with E-state index >= 15 is 0 Å². The van der Waals surface area contributed by atoms with Crippen molar-refractivity contribution in [3.63, 3.8) is 0 Å². The number of rotatable bonds is 3. The van der Waals surface area contributed by atoms with Crippen LogP contribution in [0.2, 0.25) is 0 Å². The van der Waals surface area contributed by atoms with Crippen LogP contribution in [0.1, 0.15) is 29.0 Å². The molecule has 0 spiro atoms. The molecule has 2 aromatic heterocycles. The van der Waals surface area contributed by atoms with Crippen molar-refractivity contribution in [3.8, 4) is 10.8 Å². The molecule has 0 saturated heterocycles. The molecule has 1 aliphatic rings. The van der Waals surface area contributed by atoms with Gasteiger partial charge in [-0.1, -0.05) is 0 Å². The molecule has 0 aliphatic heterocycles. The average Bonchev–Trinajstić information content (AvgIpc) is 2.94. The van der Waals surface area contributed by atoms with Gasteiger partial charge in [0, 0.05) is 11.4 Å². The summed E-state index contributed by atoms with van der Waals surface area (Å²) in [6.07, 6.45) is 6.83. The number of aryl methyl sites for hydroxylation is 2. The van der Waals surface area contributed by atoms with E-state index in [0.717, 1.165) is 18.1 Å². The Morgan fingerprint density at radius 1 is 1.41 bits per heavy atom. The topological polar surface area (TPSA) is 38.1 Å². The second-order valence-corrected chi connectivity index (χ2v) is 5.58. The summed E-state index contributed by atoms with van der Waals surface area (Å²) in [5.41, 5.74) is 2.47. The van der Waals surface area contributed by atoms with Gasteiger partial charge in [-0.25, -0.2) is 4.98 Å². The zero-order chi connectivity index (χ0) is 11.7. The van der Waals surface area contributed by atoms with Crippen molar-refractivity contribution in [3.05, 3.63) is 28.5 Å². The number of oxazole rings is 1. The van der Waals surface area contributed by atoms with E-state index < -0.39 is 0 Å². The smallest absolute Gasteiger partial charge is 0.236 e. The van der Waals surface area contributed by atoms with Gasteiger partial charge in [-0.3, -0.25) is 0 Å². The summed E-state index contributed by atoms with van der Waals surface area (Å²) in [6.45, 7) is 0.759. The van der Waals surface area contributed by atoms with Gasteiger partial charge in [-0.05, 0) is 44.4 Å². The standard InChI is InChI=1S/C13H16N2OS/c1-14-7-10-8-16-13(15-10)12-6-9-4-2-3-5-11(9)17-12/h6,8,14H,2-5,7H2,1H3. The van der Waals surface area contributed by atoms with Crippen LogP contribution >= 0.6 is 11.3 Å². The van der Waals surface area contributed by atoms with Crippen molar-refractivity contribution in [2.75, 3.05) is 7.05 Å². The molecule has 1 aliphatic carbocycles. The Morgan fingerprint density at radius 3 is 3.12 bits per heavy atom. The Labute approximate surface area is 105 Å². The Balaban J connectivity index is 1.89. The number of hydrogen-bond donors (Lipinski definition) is 1. The highest BCUT2D eigenvalue weighted by atomic mass is 32.1. The van der Waals surface area contributed by atoms with E-state index in [-0.39, 0.29) is 0 Å². The van der Waals surface area contributed by atoms with Crippen molar-refractivity contribution in [2.45, 2.75) is 32.2 Å². The minimum absolute atomic E-state index is 0.759. The third kappa shape index (κ3) is 2.15. The summed E-state index contributed by atoms with van der Waals surface area (Å²) in [5.74, 6) is 0.773. The molecule has 0 bridgehead atoms. The summed E-state index contributed by atoms with van der Waals surface area (Å²) >= 11 is 1.84.